The molecule has 2 N–H and O–H groups in total. The van der Waals surface area contributed by atoms with Crippen LogP contribution in [0.25, 0.3) is 0 Å². The van der Waals surface area contributed by atoms with Crippen LogP contribution in [0.3, 0.4) is 0 Å². The number of amides is 2. The second-order valence-electron chi connectivity index (χ2n) is 5.34. The highest BCUT2D eigenvalue weighted by Gasteiger charge is 2.06. The molecule has 0 spiro atoms. The standard InChI is InChI=1S/C18H16BrCl2N3O2/c19-12-7-9-13(10-8-12)23-17(25)5-2-6-18(26)24-22-11-14-15(20)3-1-4-16(14)21/h1,3-4,7-11H,2,5-6H2,(H,23,25)(H,24,26)/b22-11-. The smallest absolute Gasteiger partial charge is 0.240 e. The van der Waals surface area contributed by atoms with E-state index in [1.807, 2.05) is 12.1 Å². The van der Waals surface area contributed by atoms with Gasteiger partial charge in [-0.1, -0.05) is 45.2 Å². The van der Waals surface area contributed by atoms with Crippen LogP contribution >= 0.6 is 39.1 Å². The average molecular weight is 457 g/mol. The fourth-order valence-electron chi connectivity index (χ4n) is 2.02. The Bertz CT molecular complexity index is 790. The Morgan fingerprint density at radius 1 is 1.00 bits per heavy atom. The summed E-state index contributed by atoms with van der Waals surface area (Å²) in [5, 5.41) is 7.50. The molecule has 136 valence electrons. The van der Waals surface area contributed by atoms with Crippen LogP contribution in [0.4, 0.5) is 5.69 Å². The topological polar surface area (TPSA) is 70.6 Å². The van der Waals surface area contributed by atoms with Crippen LogP contribution in [-0.2, 0) is 9.59 Å². The van der Waals surface area contributed by atoms with Crippen molar-refractivity contribution in [1.29, 1.82) is 0 Å². The third-order valence-electron chi connectivity index (χ3n) is 3.32. The Kier molecular flexibility index (Phi) is 8.09. The molecule has 2 aromatic carbocycles. The zero-order chi connectivity index (χ0) is 18.9. The summed E-state index contributed by atoms with van der Waals surface area (Å²) in [6.45, 7) is 0. The molecule has 5 nitrogen and oxygen atoms in total. The molecular weight excluding hydrogens is 441 g/mol. The predicted octanol–water partition coefficient (Wildman–Crippen LogP) is 5.02. The first-order chi connectivity index (χ1) is 12.5. The summed E-state index contributed by atoms with van der Waals surface area (Å²) < 4.78 is 0.936. The van der Waals surface area contributed by atoms with Crippen molar-refractivity contribution in [3.05, 3.63) is 62.5 Å². The minimum Gasteiger partial charge on any atom is -0.326 e. The maximum atomic E-state index is 11.8. The van der Waals surface area contributed by atoms with Crippen molar-refractivity contribution >= 4 is 62.8 Å². The largest absolute Gasteiger partial charge is 0.326 e. The number of nitrogens with one attached hydrogen (secondary N) is 2. The van der Waals surface area contributed by atoms with Gasteiger partial charge in [0.05, 0.1) is 16.3 Å². The van der Waals surface area contributed by atoms with Crippen LogP contribution in [0.2, 0.25) is 10.0 Å². The van der Waals surface area contributed by atoms with Crippen LogP contribution in [0.1, 0.15) is 24.8 Å². The Labute approximate surface area is 169 Å². The van der Waals surface area contributed by atoms with Crippen LogP contribution in [0, 0.1) is 0 Å². The van der Waals surface area contributed by atoms with Crippen LogP contribution in [0.5, 0.6) is 0 Å². The Morgan fingerprint density at radius 2 is 1.62 bits per heavy atom. The van der Waals surface area contributed by atoms with E-state index >= 15 is 0 Å². The van der Waals surface area contributed by atoms with Gasteiger partial charge >= 0.3 is 0 Å². The molecule has 0 atom stereocenters. The molecular formula is C18H16BrCl2N3O2. The first-order valence-corrected chi connectivity index (χ1v) is 9.32. The molecule has 2 rings (SSSR count). The zero-order valence-electron chi connectivity index (χ0n) is 13.6. The molecule has 0 aromatic heterocycles. The fourth-order valence-corrected chi connectivity index (χ4v) is 2.78. The first kappa shape index (κ1) is 20.4. The van der Waals surface area contributed by atoms with Gasteiger partial charge in [0.1, 0.15) is 0 Å². The molecule has 0 saturated carbocycles. The Morgan fingerprint density at radius 3 is 2.27 bits per heavy atom. The van der Waals surface area contributed by atoms with Crippen molar-refractivity contribution in [3.63, 3.8) is 0 Å². The third kappa shape index (κ3) is 6.78. The molecule has 8 heteroatoms. The van der Waals surface area contributed by atoms with Gasteiger partial charge in [-0.2, -0.15) is 5.10 Å². The van der Waals surface area contributed by atoms with Crippen molar-refractivity contribution in [2.45, 2.75) is 19.3 Å². The highest BCUT2D eigenvalue weighted by atomic mass is 79.9. The number of hydrazone groups is 1. The lowest BCUT2D eigenvalue weighted by atomic mass is 10.2. The van der Waals surface area contributed by atoms with Crippen molar-refractivity contribution < 1.29 is 9.59 Å². The summed E-state index contributed by atoms with van der Waals surface area (Å²) in [5.74, 6) is -0.438. The summed E-state index contributed by atoms with van der Waals surface area (Å²) in [7, 11) is 0. The normalized spacial score (nSPS) is 10.7. The van der Waals surface area contributed by atoms with E-state index in [2.05, 4.69) is 31.8 Å². The quantitative estimate of drug-likeness (QED) is 0.453. The van der Waals surface area contributed by atoms with Crippen LogP contribution in [0.15, 0.2) is 52.0 Å². The van der Waals surface area contributed by atoms with E-state index in [0.29, 0.717) is 27.7 Å². The molecule has 2 aromatic rings. The van der Waals surface area contributed by atoms with E-state index in [1.165, 1.54) is 6.21 Å². The summed E-state index contributed by atoms with van der Waals surface area (Å²) in [6, 6.07) is 12.4. The summed E-state index contributed by atoms with van der Waals surface area (Å²) in [4.78, 5) is 23.6. The summed E-state index contributed by atoms with van der Waals surface area (Å²) in [5.41, 5.74) is 3.64. The summed E-state index contributed by atoms with van der Waals surface area (Å²) in [6.07, 6.45) is 2.23. The third-order valence-corrected chi connectivity index (χ3v) is 4.51. The number of halogens is 3. The van der Waals surface area contributed by atoms with Gasteiger partial charge in [0, 0.05) is 28.6 Å². The minimum absolute atomic E-state index is 0.147. The molecule has 0 unspecified atom stereocenters. The maximum Gasteiger partial charge on any atom is 0.240 e. The number of hydrogen-bond donors (Lipinski definition) is 2. The highest BCUT2D eigenvalue weighted by molar-refractivity contribution is 9.10. The zero-order valence-corrected chi connectivity index (χ0v) is 16.7. The molecule has 26 heavy (non-hydrogen) atoms. The fraction of sp³-hybridized carbons (Fsp3) is 0.167. The van der Waals surface area contributed by atoms with Gasteiger partial charge in [0.25, 0.3) is 0 Å². The number of carbonyl (C=O) groups excluding carboxylic acids is 2. The van der Waals surface area contributed by atoms with E-state index in [0.717, 1.165) is 4.47 Å². The lowest BCUT2D eigenvalue weighted by Gasteiger charge is -2.05. The molecule has 0 aliphatic carbocycles. The lowest BCUT2D eigenvalue weighted by Crippen LogP contribution is -2.18. The van der Waals surface area contributed by atoms with E-state index in [-0.39, 0.29) is 24.7 Å². The van der Waals surface area contributed by atoms with Gasteiger partial charge < -0.3 is 5.32 Å². The Hall–Kier alpha value is -1.89. The van der Waals surface area contributed by atoms with E-state index in [1.54, 1.807) is 30.3 Å². The second kappa shape index (κ2) is 10.3. The SMILES string of the molecule is O=C(CCCC(=O)Nc1ccc(Br)cc1)N/N=C\c1c(Cl)cccc1Cl. The maximum absolute atomic E-state index is 11.8. The molecule has 0 bridgehead atoms. The predicted molar refractivity (Wildman–Crippen MR) is 109 cm³/mol. The van der Waals surface area contributed by atoms with Crippen molar-refractivity contribution in [1.82, 2.24) is 5.43 Å². The number of benzene rings is 2. The van der Waals surface area contributed by atoms with Gasteiger partial charge in [-0.15, -0.1) is 0 Å². The lowest BCUT2D eigenvalue weighted by molar-refractivity contribution is -0.121. The highest BCUT2D eigenvalue weighted by Crippen LogP contribution is 2.22. The monoisotopic (exact) mass is 455 g/mol. The molecule has 0 heterocycles. The van der Waals surface area contributed by atoms with Gasteiger partial charge in [-0.25, -0.2) is 5.43 Å². The van der Waals surface area contributed by atoms with Crippen molar-refractivity contribution in [2.24, 2.45) is 5.10 Å². The molecule has 0 aliphatic rings. The number of hydrogen-bond acceptors (Lipinski definition) is 3. The van der Waals surface area contributed by atoms with Gasteiger partial charge in [0.2, 0.25) is 11.8 Å². The van der Waals surface area contributed by atoms with Gasteiger partial charge in [-0.05, 0) is 42.8 Å². The molecule has 0 aliphatic heterocycles. The van der Waals surface area contributed by atoms with Crippen molar-refractivity contribution in [2.75, 3.05) is 5.32 Å². The number of carbonyl (C=O) groups is 2. The van der Waals surface area contributed by atoms with Crippen LogP contribution in [-0.4, -0.2) is 18.0 Å². The molecule has 0 fully saturated rings. The molecule has 0 saturated heterocycles. The van der Waals surface area contributed by atoms with Gasteiger partial charge in [-0.3, -0.25) is 9.59 Å². The summed E-state index contributed by atoms with van der Waals surface area (Å²) >= 11 is 15.3. The first-order valence-electron chi connectivity index (χ1n) is 7.77. The Balaban J connectivity index is 1.71. The second-order valence-corrected chi connectivity index (χ2v) is 7.07. The van der Waals surface area contributed by atoms with E-state index in [4.69, 9.17) is 23.2 Å². The van der Waals surface area contributed by atoms with Crippen molar-refractivity contribution in [3.8, 4) is 0 Å². The number of nitrogens with zero attached hydrogens (tertiary/aromatic N) is 1. The average Bonchev–Trinajstić information content (AvgIpc) is 2.59. The van der Waals surface area contributed by atoms with E-state index in [9.17, 15) is 9.59 Å². The van der Waals surface area contributed by atoms with Crippen LogP contribution < -0.4 is 10.7 Å². The number of anilines is 1. The van der Waals surface area contributed by atoms with Gasteiger partial charge in [0.15, 0.2) is 0 Å². The molecule has 2 amide bonds. The van der Waals surface area contributed by atoms with E-state index < -0.39 is 0 Å². The minimum atomic E-state index is -0.291. The number of rotatable bonds is 7. The molecule has 0 radical (unpaired) electrons.